The van der Waals surface area contributed by atoms with Crippen LogP contribution in [0.3, 0.4) is 0 Å². The maximum absolute atomic E-state index is 13.7. The van der Waals surface area contributed by atoms with Crippen molar-refractivity contribution in [2.45, 2.75) is 33.1 Å². The third-order valence-corrected chi connectivity index (χ3v) is 7.33. The van der Waals surface area contributed by atoms with Crippen LogP contribution in [0.5, 0.6) is 0 Å². The second-order valence-electron chi connectivity index (χ2n) is 8.24. The first-order chi connectivity index (χ1) is 14.9. The number of piperidine rings is 1. The zero-order valence-corrected chi connectivity index (χ0v) is 18.2. The zero-order chi connectivity index (χ0) is 21.9. The minimum absolute atomic E-state index is 0.0501. The first-order valence-corrected chi connectivity index (χ1v) is 11.2. The highest BCUT2D eigenvalue weighted by atomic mass is 32.1. The SMILES string of the molecule is Cc1ccc2sc3cc([N+](=O)[O-])c[n+]4c3-n(c(=O)/c4=C(\O)CN3CCCCC3)c2c1C. The first kappa shape index (κ1) is 19.9. The van der Waals surface area contributed by atoms with Gasteiger partial charge < -0.3 is 5.11 Å². The third-order valence-electron chi connectivity index (χ3n) is 6.26. The first-order valence-electron chi connectivity index (χ1n) is 10.4. The Labute approximate surface area is 181 Å². The average Bonchev–Trinajstić information content (AvgIpc) is 3.04. The van der Waals surface area contributed by atoms with E-state index in [0.29, 0.717) is 10.5 Å². The van der Waals surface area contributed by atoms with Gasteiger partial charge in [-0.05, 0) is 51.4 Å². The van der Waals surface area contributed by atoms with Crippen molar-refractivity contribution in [2.24, 2.45) is 0 Å². The highest BCUT2D eigenvalue weighted by Gasteiger charge is 2.34. The van der Waals surface area contributed by atoms with E-state index >= 15 is 0 Å². The van der Waals surface area contributed by atoms with Gasteiger partial charge in [-0.15, -0.1) is 11.3 Å². The summed E-state index contributed by atoms with van der Waals surface area (Å²) in [6.07, 6.45) is 4.63. The standard InChI is InChI=1S/C22H22N4O4S/c1-13-6-7-17-19(14(13)2)25-21-18(31-17)10-15(26(29)30)11-24(21)20(22(25)28)16(27)12-23-8-4-3-5-9-23/h6-7,10-11H,3-5,8-9,12H2,1-2H3/p+1. The Balaban J connectivity index is 1.92. The summed E-state index contributed by atoms with van der Waals surface area (Å²) in [5.74, 6) is 0.507. The lowest BCUT2D eigenvalue weighted by molar-refractivity contribution is -0.549. The lowest BCUT2D eigenvalue weighted by Gasteiger charge is -2.25. The van der Waals surface area contributed by atoms with Crippen LogP contribution in [0.25, 0.3) is 26.5 Å². The fourth-order valence-corrected chi connectivity index (χ4v) is 5.72. The van der Waals surface area contributed by atoms with Gasteiger partial charge in [-0.25, -0.2) is 4.79 Å². The summed E-state index contributed by atoms with van der Waals surface area (Å²) in [5, 5.41) is 22.7. The van der Waals surface area contributed by atoms with Crippen molar-refractivity contribution in [3.05, 3.63) is 61.3 Å². The van der Waals surface area contributed by atoms with E-state index in [1.807, 2.05) is 26.0 Å². The van der Waals surface area contributed by atoms with E-state index in [1.54, 1.807) is 4.57 Å². The molecule has 8 nitrogen and oxygen atoms in total. The predicted octanol–water partition coefficient (Wildman–Crippen LogP) is 2.62. The smallest absolute Gasteiger partial charge is 0.390 e. The number of hydrogen-bond acceptors (Lipinski definition) is 6. The van der Waals surface area contributed by atoms with Crippen molar-refractivity contribution in [2.75, 3.05) is 19.6 Å². The van der Waals surface area contributed by atoms with Gasteiger partial charge in [-0.1, -0.05) is 12.5 Å². The van der Waals surface area contributed by atoms with Gasteiger partial charge in [0.25, 0.3) is 5.35 Å². The number of benzene rings is 1. The molecule has 1 fully saturated rings. The van der Waals surface area contributed by atoms with E-state index in [1.165, 1.54) is 34.4 Å². The summed E-state index contributed by atoms with van der Waals surface area (Å²) in [7, 11) is 0. The molecule has 1 saturated heterocycles. The Kier molecular flexibility index (Phi) is 4.67. The minimum Gasteiger partial charge on any atom is -0.506 e. The molecule has 160 valence electrons. The Morgan fingerprint density at radius 2 is 1.97 bits per heavy atom. The Hall–Kier alpha value is -3.04. The fourth-order valence-electron chi connectivity index (χ4n) is 4.55. The van der Waals surface area contributed by atoms with Crippen LogP contribution < -0.4 is 15.3 Å². The molecule has 1 aromatic heterocycles. The van der Waals surface area contributed by atoms with Gasteiger partial charge in [0, 0.05) is 11.6 Å². The number of aliphatic hydroxyl groups excluding tert-OH is 1. The normalized spacial score (nSPS) is 16.5. The lowest BCUT2D eigenvalue weighted by Crippen LogP contribution is -2.47. The Bertz CT molecular complexity index is 1430. The number of likely N-dealkylation sites (tertiary alicyclic amines) is 1. The van der Waals surface area contributed by atoms with Gasteiger partial charge in [-0.3, -0.25) is 15.0 Å². The molecule has 0 amide bonds. The van der Waals surface area contributed by atoms with Gasteiger partial charge in [0.15, 0.2) is 17.5 Å². The monoisotopic (exact) mass is 439 g/mol. The van der Waals surface area contributed by atoms with Crippen LogP contribution in [0.15, 0.2) is 29.2 Å². The van der Waals surface area contributed by atoms with Crippen LogP contribution in [0, 0.1) is 24.0 Å². The molecule has 5 rings (SSSR count). The van der Waals surface area contributed by atoms with Crippen LogP contribution in [-0.2, 0) is 0 Å². The molecule has 0 unspecified atom stereocenters. The summed E-state index contributed by atoms with van der Waals surface area (Å²) >= 11 is 1.41. The number of nitrogens with zero attached hydrogens (tertiary/aromatic N) is 4. The maximum atomic E-state index is 13.7. The van der Waals surface area contributed by atoms with Gasteiger partial charge in [0.05, 0.1) is 16.2 Å². The molecule has 9 heteroatoms. The van der Waals surface area contributed by atoms with E-state index in [4.69, 9.17) is 0 Å². The number of fused-ring (bicyclic) bond motifs is 2. The van der Waals surface area contributed by atoms with Gasteiger partial charge in [0.1, 0.15) is 4.70 Å². The molecule has 1 N–H and O–H groups in total. The average molecular weight is 440 g/mol. The molecule has 0 spiro atoms. The molecule has 0 aliphatic carbocycles. The molecule has 4 heterocycles. The maximum Gasteiger partial charge on any atom is 0.390 e. The summed E-state index contributed by atoms with van der Waals surface area (Å²) in [6, 6.07) is 5.43. The number of hydrogen-bond donors (Lipinski definition) is 1. The van der Waals surface area contributed by atoms with Gasteiger partial charge in [-0.2, -0.15) is 8.97 Å². The molecular formula is C22H23N4O4S+. The number of aryl methyl sites for hydroxylation is 2. The number of nitro groups is 1. The van der Waals surface area contributed by atoms with Crippen LogP contribution in [0.4, 0.5) is 5.69 Å². The molecule has 0 atom stereocenters. The van der Waals surface area contributed by atoms with Crippen molar-refractivity contribution >= 4 is 37.7 Å². The molecule has 3 aliphatic rings. The lowest BCUT2D eigenvalue weighted by atomic mass is 10.1. The number of rotatable bonds is 3. The molecule has 3 aliphatic heterocycles. The Morgan fingerprint density at radius 3 is 2.68 bits per heavy atom. The van der Waals surface area contributed by atoms with E-state index < -0.39 is 4.92 Å². The second-order valence-corrected chi connectivity index (χ2v) is 9.33. The molecule has 0 bridgehead atoms. The number of pyridine rings is 1. The molecule has 0 radical (unpaired) electrons. The van der Waals surface area contributed by atoms with E-state index in [-0.39, 0.29) is 28.9 Å². The molecular weight excluding hydrogens is 416 g/mol. The van der Waals surface area contributed by atoms with Crippen molar-refractivity contribution in [1.82, 2.24) is 9.47 Å². The second kappa shape index (κ2) is 7.28. The third kappa shape index (κ3) is 3.07. The summed E-state index contributed by atoms with van der Waals surface area (Å²) in [6.45, 7) is 5.95. The summed E-state index contributed by atoms with van der Waals surface area (Å²) in [4.78, 5) is 26.9. The predicted molar refractivity (Wildman–Crippen MR) is 119 cm³/mol. The molecule has 2 aromatic rings. The van der Waals surface area contributed by atoms with Crippen molar-refractivity contribution in [3.63, 3.8) is 0 Å². The van der Waals surface area contributed by atoms with Crippen molar-refractivity contribution in [3.8, 4) is 5.82 Å². The van der Waals surface area contributed by atoms with Crippen molar-refractivity contribution in [1.29, 1.82) is 0 Å². The van der Waals surface area contributed by atoms with E-state index in [9.17, 15) is 20.0 Å². The topological polar surface area (TPSA) is 92.7 Å². The minimum atomic E-state index is -0.466. The van der Waals surface area contributed by atoms with Crippen LogP contribution in [0.2, 0.25) is 0 Å². The Morgan fingerprint density at radius 1 is 1.23 bits per heavy atom. The van der Waals surface area contributed by atoms with E-state index in [2.05, 4.69) is 4.90 Å². The van der Waals surface area contributed by atoms with Gasteiger partial charge >= 0.3 is 17.1 Å². The van der Waals surface area contributed by atoms with Crippen LogP contribution in [0.1, 0.15) is 30.4 Å². The molecule has 0 saturated carbocycles. The number of aliphatic hydroxyl groups is 1. The quantitative estimate of drug-likeness (QED) is 0.229. The number of aromatic nitrogens is 2. The highest BCUT2D eigenvalue weighted by molar-refractivity contribution is 7.24. The summed E-state index contributed by atoms with van der Waals surface area (Å²) < 4.78 is 4.61. The number of imidazole rings is 1. The zero-order valence-electron chi connectivity index (χ0n) is 17.4. The summed E-state index contributed by atoms with van der Waals surface area (Å²) in [5.41, 5.74) is 2.35. The van der Waals surface area contributed by atoms with Gasteiger partial charge in [0.2, 0.25) is 0 Å². The van der Waals surface area contributed by atoms with Crippen LogP contribution in [-0.4, -0.2) is 39.1 Å². The largest absolute Gasteiger partial charge is 0.506 e. The fraction of sp³-hybridized carbons (Fsp3) is 0.364. The highest BCUT2D eigenvalue weighted by Crippen LogP contribution is 2.33. The van der Waals surface area contributed by atoms with E-state index in [0.717, 1.165) is 47.3 Å². The molecule has 31 heavy (non-hydrogen) atoms. The van der Waals surface area contributed by atoms with Crippen molar-refractivity contribution < 1.29 is 14.4 Å². The molecule has 1 aromatic carbocycles. The van der Waals surface area contributed by atoms with Crippen LogP contribution >= 0.6 is 11.3 Å².